The highest BCUT2D eigenvalue weighted by molar-refractivity contribution is 6.36. The molecule has 5 heteroatoms. The van der Waals surface area contributed by atoms with E-state index in [1.54, 1.807) is 18.2 Å². The Kier molecular flexibility index (Phi) is 2.59. The SMILES string of the molecule is COC(=O)c1cc(Cl)c2[nH]c(Cl)cc2c1. The molecule has 0 saturated heterocycles. The van der Waals surface area contributed by atoms with Crippen LogP contribution in [0.2, 0.25) is 10.2 Å². The Bertz CT molecular complexity index is 533. The molecule has 1 aromatic carbocycles. The first-order chi connectivity index (χ1) is 7.11. The van der Waals surface area contributed by atoms with Gasteiger partial charge in [-0.1, -0.05) is 23.2 Å². The van der Waals surface area contributed by atoms with Crippen LogP contribution in [0, 0.1) is 0 Å². The lowest BCUT2D eigenvalue weighted by Gasteiger charge is -2.00. The van der Waals surface area contributed by atoms with Gasteiger partial charge in [-0.2, -0.15) is 0 Å². The van der Waals surface area contributed by atoms with Crippen molar-refractivity contribution in [1.82, 2.24) is 4.98 Å². The maximum absolute atomic E-state index is 11.3. The summed E-state index contributed by atoms with van der Waals surface area (Å²) in [6, 6.07) is 4.92. The number of rotatable bonds is 1. The number of ether oxygens (including phenoxy) is 1. The number of hydrogen-bond acceptors (Lipinski definition) is 2. The normalized spacial score (nSPS) is 10.6. The van der Waals surface area contributed by atoms with Crippen LogP contribution in [0.1, 0.15) is 10.4 Å². The highest BCUT2D eigenvalue weighted by Crippen LogP contribution is 2.27. The number of benzene rings is 1. The van der Waals surface area contributed by atoms with Gasteiger partial charge in [0.25, 0.3) is 0 Å². The van der Waals surface area contributed by atoms with E-state index in [0.29, 0.717) is 21.3 Å². The predicted molar refractivity (Wildman–Crippen MR) is 59.7 cm³/mol. The second-order valence-corrected chi connectivity index (χ2v) is 3.85. The second-order valence-electron chi connectivity index (χ2n) is 3.03. The van der Waals surface area contributed by atoms with Crippen LogP contribution in [0.3, 0.4) is 0 Å². The summed E-state index contributed by atoms with van der Waals surface area (Å²) in [5.74, 6) is -0.420. The summed E-state index contributed by atoms with van der Waals surface area (Å²) >= 11 is 11.8. The zero-order valence-electron chi connectivity index (χ0n) is 7.80. The van der Waals surface area contributed by atoms with Gasteiger partial charge in [0.15, 0.2) is 0 Å². The monoisotopic (exact) mass is 243 g/mol. The minimum Gasteiger partial charge on any atom is -0.465 e. The molecule has 2 rings (SSSR count). The largest absolute Gasteiger partial charge is 0.465 e. The first kappa shape index (κ1) is 10.3. The zero-order chi connectivity index (χ0) is 11.0. The number of aromatic nitrogens is 1. The molecule has 0 aliphatic carbocycles. The molecular weight excluding hydrogens is 237 g/mol. The molecule has 0 amide bonds. The molecule has 0 atom stereocenters. The van der Waals surface area contributed by atoms with E-state index in [1.807, 2.05) is 0 Å². The number of halogens is 2. The molecule has 2 aromatic rings. The number of hydrogen-bond donors (Lipinski definition) is 1. The van der Waals surface area contributed by atoms with Gasteiger partial charge in [0.2, 0.25) is 0 Å². The second kappa shape index (κ2) is 3.76. The van der Waals surface area contributed by atoms with Gasteiger partial charge in [0.05, 0.1) is 23.2 Å². The predicted octanol–water partition coefficient (Wildman–Crippen LogP) is 3.26. The van der Waals surface area contributed by atoms with Gasteiger partial charge in [-0.3, -0.25) is 0 Å². The van der Waals surface area contributed by atoms with E-state index >= 15 is 0 Å². The number of nitrogens with one attached hydrogen (secondary N) is 1. The number of carbonyl (C=O) groups is 1. The highest BCUT2D eigenvalue weighted by Gasteiger charge is 2.11. The van der Waals surface area contributed by atoms with Gasteiger partial charge >= 0.3 is 5.97 Å². The fourth-order valence-corrected chi connectivity index (χ4v) is 1.89. The van der Waals surface area contributed by atoms with E-state index < -0.39 is 5.97 Å². The van der Waals surface area contributed by atoms with Crippen LogP contribution in [0.4, 0.5) is 0 Å². The number of fused-ring (bicyclic) bond motifs is 1. The number of methoxy groups -OCH3 is 1. The van der Waals surface area contributed by atoms with E-state index in [2.05, 4.69) is 9.72 Å². The van der Waals surface area contributed by atoms with E-state index in [0.717, 1.165) is 5.39 Å². The lowest BCUT2D eigenvalue weighted by molar-refractivity contribution is 0.0601. The van der Waals surface area contributed by atoms with Crippen LogP contribution in [0.25, 0.3) is 10.9 Å². The summed E-state index contributed by atoms with van der Waals surface area (Å²) in [4.78, 5) is 14.2. The van der Waals surface area contributed by atoms with Gasteiger partial charge in [0, 0.05) is 5.39 Å². The molecule has 0 aliphatic rings. The van der Waals surface area contributed by atoms with E-state index in [1.165, 1.54) is 7.11 Å². The van der Waals surface area contributed by atoms with E-state index in [9.17, 15) is 4.79 Å². The molecule has 0 saturated carbocycles. The Labute approximate surface area is 95.9 Å². The molecule has 78 valence electrons. The number of H-pyrrole nitrogens is 1. The molecule has 0 bridgehead atoms. The summed E-state index contributed by atoms with van der Waals surface area (Å²) in [6.45, 7) is 0. The van der Waals surface area contributed by atoms with Crippen molar-refractivity contribution in [3.63, 3.8) is 0 Å². The summed E-state index contributed by atoms with van der Waals surface area (Å²) in [5.41, 5.74) is 1.12. The third kappa shape index (κ3) is 1.80. The van der Waals surface area contributed by atoms with Crippen molar-refractivity contribution < 1.29 is 9.53 Å². The Morgan fingerprint density at radius 2 is 2.07 bits per heavy atom. The first-order valence-corrected chi connectivity index (χ1v) is 4.93. The minimum atomic E-state index is -0.420. The van der Waals surface area contributed by atoms with E-state index in [-0.39, 0.29) is 0 Å². The van der Waals surface area contributed by atoms with Crippen molar-refractivity contribution in [2.24, 2.45) is 0 Å². The smallest absolute Gasteiger partial charge is 0.337 e. The van der Waals surface area contributed by atoms with Crippen molar-refractivity contribution in [3.05, 3.63) is 33.9 Å². The van der Waals surface area contributed by atoms with Gasteiger partial charge < -0.3 is 9.72 Å². The van der Waals surface area contributed by atoms with Crippen LogP contribution < -0.4 is 0 Å². The maximum Gasteiger partial charge on any atom is 0.337 e. The molecule has 1 N–H and O–H groups in total. The quantitative estimate of drug-likeness (QED) is 0.782. The van der Waals surface area contributed by atoms with Gasteiger partial charge in [-0.15, -0.1) is 0 Å². The summed E-state index contributed by atoms with van der Waals surface area (Å²) in [6.07, 6.45) is 0. The van der Waals surface area contributed by atoms with Gasteiger partial charge in [-0.25, -0.2) is 4.79 Å². The third-order valence-corrected chi connectivity index (χ3v) is 2.57. The number of esters is 1. The van der Waals surface area contributed by atoms with Gasteiger partial charge in [-0.05, 0) is 18.2 Å². The van der Waals surface area contributed by atoms with Crippen LogP contribution >= 0.6 is 23.2 Å². The van der Waals surface area contributed by atoms with Crippen LogP contribution in [-0.4, -0.2) is 18.1 Å². The molecule has 15 heavy (non-hydrogen) atoms. The first-order valence-electron chi connectivity index (χ1n) is 4.18. The van der Waals surface area contributed by atoms with Crippen LogP contribution in [0.15, 0.2) is 18.2 Å². The van der Waals surface area contributed by atoms with Crippen molar-refractivity contribution in [2.45, 2.75) is 0 Å². The van der Waals surface area contributed by atoms with Crippen LogP contribution in [0.5, 0.6) is 0 Å². The van der Waals surface area contributed by atoms with Crippen LogP contribution in [-0.2, 0) is 4.74 Å². The highest BCUT2D eigenvalue weighted by atomic mass is 35.5. The maximum atomic E-state index is 11.3. The number of carbonyl (C=O) groups excluding carboxylic acids is 1. The summed E-state index contributed by atoms with van der Waals surface area (Å²) in [7, 11) is 1.32. The van der Waals surface area contributed by atoms with E-state index in [4.69, 9.17) is 23.2 Å². The fraction of sp³-hybridized carbons (Fsp3) is 0.100. The molecule has 0 aliphatic heterocycles. The molecule has 0 unspecified atom stereocenters. The summed E-state index contributed by atoms with van der Waals surface area (Å²) < 4.78 is 4.61. The average molecular weight is 244 g/mol. The zero-order valence-corrected chi connectivity index (χ0v) is 9.32. The molecular formula is C10H7Cl2NO2. The van der Waals surface area contributed by atoms with Crippen molar-refractivity contribution in [2.75, 3.05) is 7.11 Å². The Hall–Kier alpha value is -1.19. The molecule has 0 fully saturated rings. The lowest BCUT2D eigenvalue weighted by Crippen LogP contribution is -2.00. The van der Waals surface area contributed by atoms with Crippen molar-refractivity contribution in [3.8, 4) is 0 Å². The Balaban J connectivity index is 2.66. The standard InChI is InChI=1S/C10H7Cl2NO2/c1-15-10(14)6-2-5-4-8(12)13-9(5)7(11)3-6/h2-4,13H,1H3. The molecule has 3 nitrogen and oxygen atoms in total. The molecule has 0 spiro atoms. The molecule has 1 aromatic heterocycles. The molecule has 0 radical (unpaired) electrons. The average Bonchev–Trinajstić information content (AvgIpc) is 2.58. The third-order valence-electron chi connectivity index (χ3n) is 2.07. The fourth-order valence-electron chi connectivity index (χ4n) is 1.40. The minimum absolute atomic E-state index is 0.408. The topological polar surface area (TPSA) is 42.1 Å². The van der Waals surface area contributed by atoms with Gasteiger partial charge in [0.1, 0.15) is 5.15 Å². The Morgan fingerprint density at radius 1 is 1.33 bits per heavy atom. The Morgan fingerprint density at radius 3 is 2.73 bits per heavy atom. The van der Waals surface area contributed by atoms with Crippen molar-refractivity contribution in [1.29, 1.82) is 0 Å². The summed E-state index contributed by atoms with van der Waals surface area (Å²) in [5, 5.41) is 1.71. The number of aromatic amines is 1. The molecule has 1 heterocycles. The lowest BCUT2D eigenvalue weighted by atomic mass is 10.1. The van der Waals surface area contributed by atoms with Crippen molar-refractivity contribution >= 4 is 40.1 Å².